The molecule has 0 aliphatic heterocycles. The Bertz CT molecular complexity index is 356. The largest absolute Gasteiger partial charge is 0.388 e. The van der Waals surface area contributed by atoms with Crippen LogP contribution in [0.3, 0.4) is 0 Å². The maximum Gasteiger partial charge on any atom is 0.142 e. The van der Waals surface area contributed by atoms with Gasteiger partial charge in [-0.05, 0) is 12.0 Å². The second-order valence-corrected chi connectivity index (χ2v) is 4.21. The Labute approximate surface area is 103 Å². The van der Waals surface area contributed by atoms with E-state index < -0.39 is 6.10 Å². The molecule has 0 aromatic heterocycles. The molecule has 0 aliphatic carbocycles. The molecule has 0 aliphatic rings. The third kappa shape index (κ3) is 3.82. The first-order chi connectivity index (χ1) is 8.20. The lowest BCUT2D eigenvalue weighted by Gasteiger charge is -2.21. The van der Waals surface area contributed by atoms with Gasteiger partial charge >= 0.3 is 0 Å². The van der Waals surface area contributed by atoms with Gasteiger partial charge in [0.1, 0.15) is 5.78 Å². The molecule has 0 amide bonds. The number of hydrogen-bond acceptors (Lipinski definition) is 2. The molecule has 1 aromatic carbocycles. The molecule has 92 valence electrons. The number of rotatable bonds is 7. The summed E-state index contributed by atoms with van der Waals surface area (Å²) in [5.74, 6) is -0.251. The molecule has 0 heterocycles. The zero-order valence-electron chi connectivity index (χ0n) is 10.3. The van der Waals surface area contributed by atoms with Crippen LogP contribution < -0.4 is 0 Å². The monoisotopic (exact) mass is 232 g/mol. The van der Waals surface area contributed by atoms with E-state index in [9.17, 15) is 9.90 Å². The summed E-state index contributed by atoms with van der Waals surface area (Å²) in [7, 11) is 0. The zero-order chi connectivity index (χ0) is 12.7. The molecule has 0 bridgehead atoms. The van der Waals surface area contributed by atoms with Crippen LogP contribution in [0.25, 0.3) is 0 Å². The molecule has 2 nitrogen and oxygen atoms in total. The second kappa shape index (κ2) is 7.02. The number of ketones is 1. The van der Waals surface area contributed by atoms with Gasteiger partial charge in [-0.25, -0.2) is 0 Å². The number of benzene rings is 1. The second-order valence-electron chi connectivity index (χ2n) is 4.21. The number of Topliss-reactive ketones (excluding diaryl/α,β-unsaturated/α-hetero) is 1. The standard InChI is InChI=1S/C15H20O2/c1-3-8-13(14(16)9-4-2)15(17)12-10-6-5-7-11-12/h4-7,10-11,13,15,17H,2-3,8-9H2,1H3/t13-,15+/m1/s1. The first kappa shape index (κ1) is 13.7. The average molecular weight is 232 g/mol. The Hall–Kier alpha value is -1.41. The summed E-state index contributed by atoms with van der Waals surface area (Å²) in [6.45, 7) is 5.59. The number of hydrogen-bond donors (Lipinski definition) is 1. The van der Waals surface area contributed by atoms with Gasteiger partial charge in [0.05, 0.1) is 6.10 Å². The number of aliphatic hydroxyl groups excluding tert-OH is 1. The van der Waals surface area contributed by atoms with Crippen molar-refractivity contribution in [1.82, 2.24) is 0 Å². The van der Waals surface area contributed by atoms with E-state index >= 15 is 0 Å². The van der Waals surface area contributed by atoms with Crippen LogP contribution in [0.15, 0.2) is 43.0 Å². The normalized spacial score (nSPS) is 14.0. The summed E-state index contributed by atoms with van der Waals surface area (Å²) in [6, 6.07) is 9.36. The van der Waals surface area contributed by atoms with Gasteiger partial charge in [-0.1, -0.05) is 49.8 Å². The smallest absolute Gasteiger partial charge is 0.142 e. The predicted octanol–water partition coefficient (Wildman–Crippen LogP) is 3.28. The highest BCUT2D eigenvalue weighted by molar-refractivity contribution is 5.83. The van der Waals surface area contributed by atoms with E-state index in [2.05, 4.69) is 6.58 Å². The molecular formula is C15H20O2. The number of carbonyl (C=O) groups is 1. The lowest BCUT2D eigenvalue weighted by molar-refractivity contribution is -0.126. The summed E-state index contributed by atoms with van der Waals surface area (Å²) in [6.07, 6.45) is 2.82. The van der Waals surface area contributed by atoms with Crippen molar-refractivity contribution < 1.29 is 9.90 Å². The molecule has 0 saturated heterocycles. The van der Waals surface area contributed by atoms with Crippen LogP contribution in [0, 0.1) is 5.92 Å². The van der Waals surface area contributed by atoms with E-state index in [0.717, 1.165) is 12.0 Å². The molecule has 0 radical (unpaired) electrons. The average Bonchev–Trinajstić information content (AvgIpc) is 2.36. The van der Waals surface area contributed by atoms with Crippen LogP contribution in [0.4, 0.5) is 0 Å². The first-order valence-electron chi connectivity index (χ1n) is 6.07. The van der Waals surface area contributed by atoms with Gasteiger partial charge in [-0.2, -0.15) is 0 Å². The fourth-order valence-electron chi connectivity index (χ4n) is 1.98. The molecule has 0 unspecified atom stereocenters. The van der Waals surface area contributed by atoms with Crippen LogP contribution in [0.1, 0.15) is 37.9 Å². The lowest BCUT2D eigenvalue weighted by atomic mass is 9.87. The molecule has 1 rings (SSSR count). The van der Waals surface area contributed by atoms with Crippen LogP contribution in [-0.4, -0.2) is 10.9 Å². The maximum absolute atomic E-state index is 11.9. The molecule has 1 aromatic rings. The fraction of sp³-hybridized carbons (Fsp3) is 0.400. The maximum atomic E-state index is 11.9. The van der Waals surface area contributed by atoms with Crippen molar-refractivity contribution >= 4 is 5.78 Å². The third-order valence-electron chi connectivity index (χ3n) is 2.88. The quantitative estimate of drug-likeness (QED) is 0.732. The molecule has 2 heteroatoms. The molecule has 0 saturated carbocycles. The molecule has 0 spiro atoms. The molecule has 2 atom stereocenters. The minimum Gasteiger partial charge on any atom is -0.388 e. The first-order valence-corrected chi connectivity index (χ1v) is 6.07. The van der Waals surface area contributed by atoms with Crippen LogP contribution in [0.2, 0.25) is 0 Å². The van der Waals surface area contributed by atoms with Crippen molar-refractivity contribution in [2.24, 2.45) is 5.92 Å². The van der Waals surface area contributed by atoms with Crippen molar-refractivity contribution in [2.75, 3.05) is 0 Å². The van der Waals surface area contributed by atoms with Crippen LogP contribution in [-0.2, 0) is 4.79 Å². The van der Waals surface area contributed by atoms with Gasteiger partial charge in [0.15, 0.2) is 0 Å². The summed E-state index contributed by atoms with van der Waals surface area (Å²) in [4.78, 5) is 11.9. The minimum absolute atomic E-state index is 0.0678. The highest BCUT2D eigenvalue weighted by Gasteiger charge is 2.25. The Morgan fingerprint density at radius 3 is 2.59 bits per heavy atom. The highest BCUT2D eigenvalue weighted by atomic mass is 16.3. The van der Waals surface area contributed by atoms with Gasteiger partial charge in [0.25, 0.3) is 0 Å². The summed E-state index contributed by atoms with van der Waals surface area (Å²) in [5, 5.41) is 10.3. The van der Waals surface area contributed by atoms with E-state index in [1.807, 2.05) is 37.3 Å². The third-order valence-corrected chi connectivity index (χ3v) is 2.88. The topological polar surface area (TPSA) is 37.3 Å². The van der Waals surface area contributed by atoms with Crippen molar-refractivity contribution in [3.8, 4) is 0 Å². The van der Waals surface area contributed by atoms with E-state index in [1.54, 1.807) is 6.08 Å². The van der Waals surface area contributed by atoms with Crippen molar-refractivity contribution in [3.05, 3.63) is 48.6 Å². The summed E-state index contributed by atoms with van der Waals surface area (Å²) < 4.78 is 0. The van der Waals surface area contributed by atoms with Crippen molar-refractivity contribution in [2.45, 2.75) is 32.3 Å². The van der Waals surface area contributed by atoms with Gasteiger partial charge < -0.3 is 5.11 Å². The van der Waals surface area contributed by atoms with Crippen molar-refractivity contribution in [3.63, 3.8) is 0 Å². The Kier molecular flexibility index (Phi) is 5.64. The summed E-state index contributed by atoms with van der Waals surface area (Å²) in [5.41, 5.74) is 0.809. The van der Waals surface area contributed by atoms with Gasteiger partial charge in [-0.3, -0.25) is 4.79 Å². The number of carbonyl (C=O) groups excluding carboxylic acids is 1. The number of aliphatic hydroxyl groups is 1. The van der Waals surface area contributed by atoms with Crippen LogP contribution in [0.5, 0.6) is 0 Å². The van der Waals surface area contributed by atoms with E-state index in [-0.39, 0.29) is 11.7 Å². The Morgan fingerprint density at radius 1 is 1.41 bits per heavy atom. The van der Waals surface area contributed by atoms with E-state index in [0.29, 0.717) is 12.8 Å². The zero-order valence-corrected chi connectivity index (χ0v) is 10.3. The molecule has 0 fully saturated rings. The van der Waals surface area contributed by atoms with Gasteiger partial charge in [0, 0.05) is 12.3 Å². The molecular weight excluding hydrogens is 212 g/mol. The Morgan fingerprint density at radius 2 is 2.06 bits per heavy atom. The Balaban J connectivity index is 2.83. The van der Waals surface area contributed by atoms with Crippen LogP contribution >= 0.6 is 0 Å². The van der Waals surface area contributed by atoms with Crippen molar-refractivity contribution in [1.29, 1.82) is 0 Å². The SMILES string of the molecule is C=CCC(=O)[C@@H](CCC)[C@@H](O)c1ccccc1. The molecule has 1 N–H and O–H groups in total. The number of allylic oxidation sites excluding steroid dienone is 1. The lowest BCUT2D eigenvalue weighted by Crippen LogP contribution is -2.21. The molecule has 17 heavy (non-hydrogen) atoms. The predicted molar refractivity (Wildman–Crippen MR) is 69.6 cm³/mol. The summed E-state index contributed by atoms with van der Waals surface area (Å²) >= 11 is 0. The van der Waals surface area contributed by atoms with Gasteiger partial charge in [0.2, 0.25) is 0 Å². The highest BCUT2D eigenvalue weighted by Crippen LogP contribution is 2.27. The van der Waals surface area contributed by atoms with Gasteiger partial charge in [-0.15, -0.1) is 6.58 Å². The van der Waals surface area contributed by atoms with E-state index in [4.69, 9.17) is 0 Å². The minimum atomic E-state index is -0.705. The van der Waals surface area contributed by atoms with E-state index in [1.165, 1.54) is 0 Å². The fourth-order valence-corrected chi connectivity index (χ4v) is 1.98.